The number of allylic oxidation sites excluding steroid dienone is 1. The van der Waals surface area contributed by atoms with Crippen LogP contribution >= 0.6 is 43.2 Å². The lowest BCUT2D eigenvalue weighted by Gasteiger charge is -2.25. The molecule has 1 atom stereocenters. The summed E-state index contributed by atoms with van der Waals surface area (Å²) in [6.07, 6.45) is 1.80. The van der Waals surface area contributed by atoms with E-state index in [1.54, 1.807) is 44.8 Å². The van der Waals surface area contributed by atoms with Crippen LogP contribution in [0.5, 0.6) is 11.5 Å². The molecule has 35 heavy (non-hydrogen) atoms. The first-order valence-electron chi connectivity index (χ1n) is 10.7. The molecule has 0 radical (unpaired) electrons. The van der Waals surface area contributed by atoms with Crippen molar-refractivity contribution in [1.29, 1.82) is 0 Å². The molecule has 0 aliphatic carbocycles. The molecule has 0 fully saturated rings. The highest BCUT2D eigenvalue weighted by atomic mass is 79.9. The number of aromatic nitrogens is 1. The van der Waals surface area contributed by atoms with Crippen LogP contribution in [0.2, 0.25) is 0 Å². The normalized spacial score (nSPS) is 15.5. The maximum atomic E-state index is 13.7. The number of fused-ring (bicyclic) bond motifs is 1. The third kappa shape index (κ3) is 4.87. The number of thiazole rings is 1. The van der Waals surface area contributed by atoms with Crippen LogP contribution in [0.4, 0.5) is 0 Å². The Balaban J connectivity index is 1.94. The molecular weight excluding hydrogens is 600 g/mol. The minimum atomic E-state index is -0.697. The maximum absolute atomic E-state index is 13.7. The number of hydrogen-bond acceptors (Lipinski definition) is 7. The Hall–Kier alpha value is -2.69. The first-order chi connectivity index (χ1) is 16.8. The number of rotatable bonds is 6. The molecule has 2 aromatic carbocycles. The highest BCUT2D eigenvalue weighted by molar-refractivity contribution is 9.10. The van der Waals surface area contributed by atoms with Gasteiger partial charge in [0, 0.05) is 0 Å². The second-order valence-corrected chi connectivity index (χ2v) is 10.3. The Labute approximate surface area is 222 Å². The van der Waals surface area contributed by atoms with E-state index in [1.165, 1.54) is 11.3 Å². The molecule has 3 aromatic rings. The fourth-order valence-electron chi connectivity index (χ4n) is 3.88. The second-order valence-electron chi connectivity index (χ2n) is 7.59. The molecule has 1 aliphatic rings. The van der Waals surface area contributed by atoms with Crippen molar-refractivity contribution in [2.75, 3.05) is 20.8 Å². The molecule has 0 saturated heterocycles. The summed E-state index contributed by atoms with van der Waals surface area (Å²) in [5.74, 6) is 0.840. The molecule has 0 N–H and O–H groups in total. The van der Waals surface area contributed by atoms with Gasteiger partial charge in [0.1, 0.15) is 11.5 Å². The maximum Gasteiger partial charge on any atom is 0.338 e. The van der Waals surface area contributed by atoms with E-state index < -0.39 is 12.0 Å². The van der Waals surface area contributed by atoms with Crippen LogP contribution in [0.25, 0.3) is 6.08 Å². The molecule has 0 spiro atoms. The van der Waals surface area contributed by atoms with Gasteiger partial charge in [0.25, 0.3) is 5.56 Å². The lowest BCUT2D eigenvalue weighted by atomic mass is 9.96. The Morgan fingerprint density at radius 3 is 2.37 bits per heavy atom. The molecule has 4 rings (SSSR count). The highest BCUT2D eigenvalue weighted by Gasteiger charge is 2.33. The Bertz CT molecular complexity index is 1520. The molecule has 0 bridgehead atoms. The Morgan fingerprint density at radius 2 is 1.77 bits per heavy atom. The predicted molar refractivity (Wildman–Crippen MR) is 142 cm³/mol. The van der Waals surface area contributed by atoms with E-state index in [2.05, 4.69) is 36.9 Å². The minimum Gasteiger partial charge on any atom is -0.496 e. The van der Waals surface area contributed by atoms with Gasteiger partial charge in [-0.25, -0.2) is 9.79 Å². The number of carbonyl (C=O) groups is 1. The lowest BCUT2D eigenvalue weighted by molar-refractivity contribution is -0.139. The largest absolute Gasteiger partial charge is 0.496 e. The van der Waals surface area contributed by atoms with E-state index in [0.717, 1.165) is 15.6 Å². The summed E-state index contributed by atoms with van der Waals surface area (Å²) < 4.78 is 19.5. The quantitative estimate of drug-likeness (QED) is 0.383. The van der Waals surface area contributed by atoms with Gasteiger partial charge in [-0.05, 0) is 87.2 Å². The number of benzene rings is 2. The van der Waals surface area contributed by atoms with Crippen molar-refractivity contribution in [1.82, 2.24) is 4.57 Å². The van der Waals surface area contributed by atoms with E-state index in [9.17, 15) is 9.59 Å². The van der Waals surface area contributed by atoms with Crippen molar-refractivity contribution in [3.05, 3.63) is 87.4 Å². The monoisotopic (exact) mass is 620 g/mol. The highest BCUT2D eigenvalue weighted by Crippen LogP contribution is 2.35. The molecule has 182 valence electrons. The molecule has 1 aliphatic heterocycles. The molecule has 1 aromatic heterocycles. The van der Waals surface area contributed by atoms with Gasteiger partial charge in [-0.2, -0.15) is 0 Å². The van der Waals surface area contributed by atoms with E-state index in [0.29, 0.717) is 36.6 Å². The van der Waals surface area contributed by atoms with Crippen molar-refractivity contribution in [3.8, 4) is 11.5 Å². The summed E-state index contributed by atoms with van der Waals surface area (Å²) in [4.78, 5) is 31.8. The minimum absolute atomic E-state index is 0.214. The summed E-state index contributed by atoms with van der Waals surface area (Å²) in [6.45, 7) is 3.72. The fraction of sp³-hybridized carbons (Fsp3) is 0.240. The van der Waals surface area contributed by atoms with Crippen LogP contribution in [0, 0.1) is 0 Å². The summed E-state index contributed by atoms with van der Waals surface area (Å²) >= 11 is 8.27. The summed E-state index contributed by atoms with van der Waals surface area (Å²) in [7, 11) is 3.17. The van der Waals surface area contributed by atoms with Gasteiger partial charge in [-0.3, -0.25) is 9.36 Å². The standard InChI is InChI=1S/C25H22Br2N2O5S/c1-5-34-24(31)21-13(2)28-25-29(22(21)15-7-9-19(33-4)17(27)12-15)23(30)20(35-25)11-14-6-8-18(32-3)16(26)10-14/h6-12,22H,5H2,1-4H3/b20-11-. The molecule has 0 saturated carbocycles. The van der Waals surface area contributed by atoms with Crippen LogP contribution in [0.15, 0.2) is 66.4 Å². The van der Waals surface area contributed by atoms with Crippen LogP contribution in [-0.4, -0.2) is 31.4 Å². The number of hydrogen-bond donors (Lipinski definition) is 0. The van der Waals surface area contributed by atoms with E-state index >= 15 is 0 Å². The number of ether oxygens (including phenoxy) is 3. The summed E-state index contributed by atoms with van der Waals surface area (Å²) in [6, 6.07) is 10.4. The van der Waals surface area contributed by atoms with Gasteiger partial charge in [-0.1, -0.05) is 23.5 Å². The van der Waals surface area contributed by atoms with Gasteiger partial charge >= 0.3 is 5.97 Å². The number of halogens is 2. The SMILES string of the molecule is CCOC(=O)C1=C(C)N=c2s/c(=C\c3ccc(OC)c(Br)c3)c(=O)n2C1c1ccc(OC)c(Br)c1. The van der Waals surface area contributed by atoms with Crippen molar-refractivity contribution in [2.45, 2.75) is 19.9 Å². The topological polar surface area (TPSA) is 79.1 Å². The summed E-state index contributed by atoms with van der Waals surface area (Å²) in [5.41, 5.74) is 2.16. The van der Waals surface area contributed by atoms with Gasteiger partial charge in [0.15, 0.2) is 4.80 Å². The Morgan fingerprint density at radius 1 is 1.11 bits per heavy atom. The smallest absolute Gasteiger partial charge is 0.338 e. The molecule has 1 unspecified atom stereocenters. The number of carbonyl (C=O) groups excluding carboxylic acids is 1. The van der Waals surface area contributed by atoms with E-state index in [-0.39, 0.29) is 12.2 Å². The van der Waals surface area contributed by atoms with Crippen LogP contribution < -0.4 is 24.4 Å². The Kier molecular flexibility index (Phi) is 7.63. The van der Waals surface area contributed by atoms with Crippen LogP contribution in [-0.2, 0) is 9.53 Å². The predicted octanol–water partition coefficient (Wildman–Crippen LogP) is 4.34. The van der Waals surface area contributed by atoms with Gasteiger partial charge in [-0.15, -0.1) is 0 Å². The zero-order valence-corrected chi connectivity index (χ0v) is 23.4. The van der Waals surface area contributed by atoms with Crippen molar-refractivity contribution >= 4 is 55.2 Å². The van der Waals surface area contributed by atoms with Crippen LogP contribution in [0.1, 0.15) is 31.0 Å². The average molecular weight is 622 g/mol. The van der Waals surface area contributed by atoms with Crippen molar-refractivity contribution in [2.24, 2.45) is 4.99 Å². The molecule has 7 nitrogen and oxygen atoms in total. The fourth-order valence-corrected chi connectivity index (χ4v) is 6.05. The van der Waals surface area contributed by atoms with Gasteiger partial charge in [0.05, 0.1) is 51.6 Å². The zero-order valence-electron chi connectivity index (χ0n) is 19.4. The van der Waals surface area contributed by atoms with Gasteiger partial charge < -0.3 is 14.2 Å². The van der Waals surface area contributed by atoms with Crippen molar-refractivity contribution < 1.29 is 19.0 Å². The zero-order chi connectivity index (χ0) is 25.3. The first kappa shape index (κ1) is 25.4. The molecule has 2 heterocycles. The lowest BCUT2D eigenvalue weighted by Crippen LogP contribution is -2.39. The summed E-state index contributed by atoms with van der Waals surface area (Å²) in [5, 5.41) is 0. The van der Waals surface area contributed by atoms with E-state index in [4.69, 9.17) is 14.2 Å². The average Bonchev–Trinajstić information content (AvgIpc) is 3.12. The molecular formula is C25H22Br2N2O5S. The van der Waals surface area contributed by atoms with E-state index in [1.807, 2.05) is 30.3 Å². The number of esters is 1. The van der Waals surface area contributed by atoms with Crippen LogP contribution in [0.3, 0.4) is 0 Å². The third-order valence-corrected chi connectivity index (χ3v) is 7.70. The number of methoxy groups -OCH3 is 2. The van der Waals surface area contributed by atoms with Crippen molar-refractivity contribution in [3.63, 3.8) is 0 Å². The second kappa shape index (κ2) is 10.5. The number of nitrogens with zero attached hydrogens (tertiary/aromatic N) is 2. The van der Waals surface area contributed by atoms with Gasteiger partial charge in [0.2, 0.25) is 0 Å². The molecule has 10 heteroatoms. The first-order valence-corrected chi connectivity index (χ1v) is 13.1. The molecule has 0 amide bonds. The third-order valence-electron chi connectivity index (χ3n) is 5.48.